The molecule has 0 radical (unpaired) electrons. The van der Waals surface area contributed by atoms with E-state index in [1.54, 1.807) is 55.6 Å². The van der Waals surface area contributed by atoms with E-state index < -0.39 is 28.5 Å². The van der Waals surface area contributed by atoms with E-state index in [9.17, 15) is 18.0 Å². The fourth-order valence-corrected chi connectivity index (χ4v) is 6.49. The molecule has 1 N–H and O–H groups in total. The van der Waals surface area contributed by atoms with Crippen LogP contribution in [0.5, 0.6) is 11.5 Å². The van der Waals surface area contributed by atoms with Crippen LogP contribution in [0.15, 0.2) is 82.6 Å². The molecular formula is C33H43N3O6S2. The zero-order valence-corrected chi connectivity index (χ0v) is 27.7. The predicted molar refractivity (Wildman–Crippen MR) is 176 cm³/mol. The van der Waals surface area contributed by atoms with Gasteiger partial charge in [0.25, 0.3) is 10.0 Å². The van der Waals surface area contributed by atoms with E-state index in [0.29, 0.717) is 36.8 Å². The van der Waals surface area contributed by atoms with Crippen molar-refractivity contribution in [2.24, 2.45) is 0 Å². The number of benzene rings is 3. The lowest BCUT2D eigenvalue weighted by Crippen LogP contribution is -2.52. The van der Waals surface area contributed by atoms with Crippen LogP contribution in [0, 0.1) is 0 Å². The van der Waals surface area contributed by atoms with Crippen LogP contribution in [-0.2, 0) is 26.2 Å². The number of unbranched alkanes of at least 4 members (excludes halogenated alkanes) is 1. The number of rotatable bonds is 17. The zero-order chi connectivity index (χ0) is 32.1. The highest BCUT2D eigenvalue weighted by Gasteiger charge is 2.33. The number of thioether (sulfide) groups is 1. The van der Waals surface area contributed by atoms with Crippen LogP contribution in [0.4, 0.5) is 5.69 Å². The van der Waals surface area contributed by atoms with Crippen LogP contribution in [0.3, 0.4) is 0 Å². The first kappa shape index (κ1) is 34.8. The van der Waals surface area contributed by atoms with E-state index in [1.165, 1.54) is 28.8 Å². The Kier molecular flexibility index (Phi) is 13.4. The Hall–Kier alpha value is -3.70. The van der Waals surface area contributed by atoms with Crippen molar-refractivity contribution in [3.8, 4) is 11.5 Å². The van der Waals surface area contributed by atoms with Crippen molar-refractivity contribution in [3.05, 3.63) is 78.4 Å². The Labute approximate surface area is 266 Å². The van der Waals surface area contributed by atoms with Gasteiger partial charge in [-0.1, -0.05) is 32.4 Å². The van der Waals surface area contributed by atoms with Crippen LogP contribution in [0.2, 0.25) is 0 Å². The Morgan fingerprint density at radius 3 is 2.25 bits per heavy atom. The fourth-order valence-electron chi connectivity index (χ4n) is 4.67. The van der Waals surface area contributed by atoms with Crippen molar-refractivity contribution >= 4 is 39.3 Å². The predicted octanol–water partition coefficient (Wildman–Crippen LogP) is 5.73. The molecule has 0 aliphatic rings. The second-order valence-electron chi connectivity index (χ2n) is 10.1. The molecule has 44 heavy (non-hydrogen) atoms. The summed E-state index contributed by atoms with van der Waals surface area (Å²) >= 11 is 1.50. The molecule has 0 spiro atoms. The van der Waals surface area contributed by atoms with Gasteiger partial charge >= 0.3 is 0 Å². The Bertz CT molecular complexity index is 1460. The van der Waals surface area contributed by atoms with Crippen LogP contribution in [-0.4, -0.2) is 64.2 Å². The van der Waals surface area contributed by atoms with Gasteiger partial charge in [0.2, 0.25) is 11.8 Å². The third kappa shape index (κ3) is 9.15. The molecule has 3 rings (SSSR count). The molecule has 11 heteroatoms. The number of anilines is 1. The summed E-state index contributed by atoms with van der Waals surface area (Å²) in [5.74, 6) is 0.408. The minimum Gasteiger partial charge on any atom is -0.497 e. The number of carbonyl (C=O) groups is 2. The highest BCUT2D eigenvalue weighted by molar-refractivity contribution is 7.98. The number of ether oxygens (including phenoxy) is 2. The summed E-state index contributed by atoms with van der Waals surface area (Å²) in [5.41, 5.74) is 1.05. The molecule has 0 unspecified atom stereocenters. The number of amides is 2. The quantitative estimate of drug-likeness (QED) is 0.148. The molecule has 0 aliphatic carbocycles. The zero-order valence-electron chi connectivity index (χ0n) is 26.1. The number of carbonyl (C=O) groups excluding carboxylic acids is 2. The van der Waals surface area contributed by atoms with E-state index in [1.807, 2.05) is 39.2 Å². The lowest BCUT2D eigenvalue weighted by atomic mass is 10.1. The minimum absolute atomic E-state index is 0.0562. The summed E-state index contributed by atoms with van der Waals surface area (Å²) in [4.78, 5) is 30.0. The van der Waals surface area contributed by atoms with Gasteiger partial charge in [0.1, 0.15) is 24.1 Å². The molecule has 0 saturated heterocycles. The van der Waals surface area contributed by atoms with Gasteiger partial charge in [-0.2, -0.15) is 0 Å². The maximum absolute atomic E-state index is 14.2. The van der Waals surface area contributed by atoms with E-state index in [-0.39, 0.29) is 17.3 Å². The third-order valence-corrected chi connectivity index (χ3v) is 9.60. The summed E-state index contributed by atoms with van der Waals surface area (Å²) in [5, 5.41) is 2.94. The smallest absolute Gasteiger partial charge is 0.264 e. The molecule has 238 valence electrons. The highest BCUT2D eigenvalue weighted by Crippen LogP contribution is 2.28. The first-order chi connectivity index (χ1) is 21.2. The van der Waals surface area contributed by atoms with Gasteiger partial charge in [-0.25, -0.2) is 8.42 Å². The van der Waals surface area contributed by atoms with Gasteiger partial charge < -0.3 is 19.7 Å². The Morgan fingerprint density at radius 1 is 0.955 bits per heavy atom. The topological polar surface area (TPSA) is 105 Å². The van der Waals surface area contributed by atoms with Gasteiger partial charge in [-0.15, -0.1) is 11.8 Å². The number of nitrogens with zero attached hydrogens (tertiary/aromatic N) is 2. The molecule has 3 aromatic carbocycles. The number of nitrogens with one attached hydrogen (secondary N) is 1. The maximum Gasteiger partial charge on any atom is 0.264 e. The normalized spacial score (nSPS) is 11.8. The monoisotopic (exact) mass is 641 g/mol. The van der Waals surface area contributed by atoms with Crippen molar-refractivity contribution in [3.63, 3.8) is 0 Å². The fraction of sp³-hybridized carbons (Fsp3) is 0.394. The number of hydrogen-bond acceptors (Lipinski definition) is 7. The standard InChI is InChI=1S/C33H43N3O6S2/c1-6-9-21-34-33(38)31(7-2)35(23-25-11-10-12-28(22-25)41-4)32(37)24-36(26-13-15-27(16-14-26)42-8-3)44(39,40)30-19-17-29(43-5)18-20-30/h10-20,22,31H,6-9,21,23-24H2,1-5H3,(H,34,38)/t31-/m0/s1. The third-order valence-electron chi connectivity index (χ3n) is 7.06. The largest absolute Gasteiger partial charge is 0.497 e. The van der Waals surface area contributed by atoms with E-state index >= 15 is 0 Å². The van der Waals surface area contributed by atoms with Crippen LogP contribution in [0.25, 0.3) is 0 Å². The van der Waals surface area contributed by atoms with Crippen molar-refractivity contribution < 1.29 is 27.5 Å². The average Bonchev–Trinajstić information content (AvgIpc) is 3.04. The molecule has 2 amide bonds. The van der Waals surface area contributed by atoms with Gasteiger partial charge in [0.15, 0.2) is 0 Å². The van der Waals surface area contributed by atoms with Crippen molar-refractivity contribution in [2.75, 3.05) is 37.4 Å². The van der Waals surface area contributed by atoms with Crippen molar-refractivity contribution in [2.45, 2.75) is 62.4 Å². The molecule has 3 aromatic rings. The molecule has 0 fully saturated rings. The van der Waals surface area contributed by atoms with Gasteiger partial charge in [-0.3, -0.25) is 13.9 Å². The molecule has 9 nitrogen and oxygen atoms in total. The molecule has 0 saturated carbocycles. The molecule has 1 atom stereocenters. The number of sulfonamides is 1. The second kappa shape index (κ2) is 17.0. The van der Waals surface area contributed by atoms with Gasteiger partial charge in [-0.05, 0) is 92.2 Å². The summed E-state index contributed by atoms with van der Waals surface area (Å²) in [7, 11) is -2.61. The van der Waals surface area contributed by atoms with Gasteiger partial charge in [0, 0.05) is 18.0 Å². The van der Waals surface area contributed by atoms with Crippen molar-refractivity contribution in [1.29, 1.82) is 0 Å². The second-order valence-corrected chi connectivity index (χ2v) is 12.8. The first-order valence-electron chi connectivity index (χ1n) is 14.8. The summed E-state index contributed by atoms with van der Waals surface area (Å²) in [6, 6.07) is 19.6. The highest BCUT2D eigenvalue weighted by atomic mass is 32.2. The Balaban J connectivity index is 2.05. The Morgan fingerprint density at radius 2 is 1.66 bits per heavy atom. The number of hydrogen-bond donors (Lipinski definition) is 1. The summed E-state index contributed by atoms with van der Waals surface area (Å²) in [6.07, 6.45) is 3.98. The summed E-state index contributed by atoms with van der Waals surface area (Å²) in [6.45, 7) is 6.27. The van der Waals surface area contributed by atoms with E-state index in [4.69, 9.17) is 9.47 Å². The lowest BCUT2D eigenvalue weighted by molar-refractivity contribution is -0.140. The van der Waals surface area contributed by atoms with E-state index in [2.05, 4.69) is 5.32 Å². The average molecular weight is 642 g/mol. The van der Waals surface area contributed by atoms with Crippen molar-refractivity contribution in [1.82, 2.24) is 10.2 Å². The minimum atomic E-state index is -4.17. The van der Waals surface area contributed by atoms with Gasteiger partial charge in [0.05, 0.1) is 24.3 Å². The van der Waals surface area contributed by atoms with Crippen LogP contribution >= 0.6 is 11.8 Å². The lowest BCUT2D eigenvalue weighted by Gasteiger charge is -2.33. The van der Waals surface area contributed by atoms with E-state index in [0.717, 1.165) is 27.6 Å². The molecule has 0 aromatic heterocycles. The molecule has 0 aliphatic heterocycles. The first-order valence-corrected chi connectivity index (χ1v) is 17.4. The maximum atomic E-state index is 14.2. The molecule has 0 heterocycles. The SMILES string of the molecule is CCCCNC(=O)[C@H](CC)N(Cc1cccc(OC)c1)C(=O)CN(c1ccc(OCC)cc1)S(=O)(=O)c1ccc(SC)cc1. The van der Waals surface area contributed by atoms with Crippen LogP contribution < -0.4 is 19.1 Å². The van der Waals surface area contributed by atoms with Crippen LogP contribution in [0.1, 0.15) is 45.6 Å². The number of methoxy groups -OCH3 is 1. The summed E-state index contributed by atoms with van der Waals surface area (Å²) < 4.78 is 40.2. The molecular weight excluding hydrogens is 599 g/mol. The molecule has 0 bridgehead atoms.